The highest BCUT2D eigenvalue weighted by atomic mass is 35.5. The Kier molecular flexibility index (Phi) is 4.44. The molecule has 0 aliphatic heterocycles. The minimum absolute atomic E-state index is 0.128. The first-order valence-electron chi connectivity index (χ1n) is 6.55. The number of halogens is 1. The summed E-state index contributed by atoms with van der Waals surface area (Å²) in [7, 11) is 1.73. The van der Waals surface area contributed by atoms with Crippen molar-refractivity contribution >= 4 is 17.5 Å². The van der Waals surface area contributed by atoms with E-state index in [1.807, 2.05) is 13.8 Å². The van der Waals surface area contributed by atoms with Crippen molar-refractivity contribution in [1.82, 2.24) is 24.5 Å². The number of nitrogens with zero attached hydrogens (tertiary/aromatic N) is 5. The van der Waals surface area contributed by atoms with Gasteiger partial charge in [0.05, 0.1) is 23.5 Å². The summed E-state index contributed by atoms with van der Waals surface area (Å²) in [4.78, 5) is 13.9. The van der Waals surface area contributed by atoms with E-state index in [9.17, 15) is 4.79 Å². The first kappa shape index (κ1) is 14.6. The van der Waals surface area contributed by atoms with Gasteiger partial charge < -0.3 is 4.90 Å². The lowest BCUT2D eigenvalue weighted by molar-refractivity contribution is 0.0775. The smallest absolute Gasteiger partial charge is 0.274 e. The number of carbonyl (C=O) groups excluding carboxylic acids is 1. The Bertz CT molecular complexity index is 604. The van der Waals surface area contributed by atoms with Crippen LogP contribution in [0.3, 0.4) is 0 Å². The highest BCUT2D eigenvalue weighted by molar-refractivity contribution is 6.31. The van der Waals surface area contributed by atoms with Crippen LogP contribution in [-0.4, -0.2) is 37.4 Å². The molecule has 1 amide bonds. The summed E-state index contributed by atoms with van der Waals surface area (Å²) in [5, 5.41) is 8.95. The van der Waals surface area contributed by atoms with Gasteiger partial charge in [-0.1, -0.05) is 11.6 Å². The molecule has 108 valence electrons. The van der Waals surface area contributed by atoms with Crippen LogP contribution in [0.5, 0.6) is 0 Å². The van der Waals surface area contributed by atoms with Crippen LogP contribution < -0.4 is 0 Å². The summed E-state index contributed by atoms with van der Waals surface area (Å²) in [6.45, 7) is 5.83. The molecule has 0 aliphatic carbocycles. The number of hydrogen-bond acceptors (Lipinski definition) is 3. The molecule has 2 aromatic heterocycles. The zero-order valence-electron chi connectivity index (χ0n) is 11.9. The van der Waals surface area contributed by atoms with Crippen LogP contribution in [0.1, 0.15) is 30.0 Å². The number of rotatable bonds is 5. The van der Waals surface area contributed by atoms with Crippen molar-refractivity contribution in [2.75, 3.05) is 7.05 Å². The quantitative estimate of drug-likeness (QED) is 0.848. The lowest BCUT2D eigenvalue weighted by atomic mass is 10.3. The molecule has 0 saturated carbocycles. The van der Waals surface area contributed by atoms with E-state index in [1.54, 1.807) is 39.8 Å². The molecule has 7 heteroatoms. The van der Waals surface area contributed by atoms with E-state index >= 15 is 0 Å². The van der Waals surface area contributed by atoms with Crippen molar-refractivity contribution in [2.24, 2.45) is 0 Å². The lowest BCUT2D eigenvalue weighted by Gasteiger charge is -2.17. The number of hydrogen-bond donors (Lipinski definition) is 0. The Balaban J connectivity index is 2.13. The zero-order chi connectivity index (χ0) is 14.7. The topological polar surface area (TPSA) is 56.0 Å². The van der Waals surface area contributed by atoms with Gasteiger partial charge in [0.1, 0.15) is 5.69 Å². The summed E-state index contributed by atoms with van der Waals surface area (Å²) >= 11 is 6.10. The van der Waals surface area contributed by atoms with Crippen LogP contribution in [0.2, 0.25) is 5.02 Å². The fourth-order valence-corrected chi connectivity index (χ4v) is 2.16. The molecule has 20 heavy (non-hydrogen) atoms. The maximum atomic E-state index is 12.3. The van der Waals surface area contributed by atoms with Gasteiger partial charge in [-0.3, -0.25) is 14.2 Å². The van der Waals surface area contributed by atoms with Gasteiger partial charge in [-0.05, 0) is 19.9 Å². The van der Waals surface area contributed by atoms with Gasteiger partial charge in [0.2, 0.25) is 0 Å². The van der Waals surface area contributed by atoms with Crippen LogP contribution in [0.25, 0.3) is 0 Å². The van der Waals surface area contributed by atoms with E-state index in [0.717, 1.165) is 12.2 Å². The summed E-state index contributed by atoms with van der Waals surface area (Å²) in [5.74, 6) is -0.128. The first-order valence-corrected chi connectivity index (χ1v) is 6.93. The van der Waals surface area contributed by atoms with Gasteiger partial charge in [0.25, 0.3) is 5.91 Å². The predicted molar refractivity (Wildman–Crippen MR) is 76.6 cm³/mol. The molecule has 0 atom stereocenters. The van der Waals surface area contributed by atoms with Gasteiger partial charge in [0, 0.05) is 26.3 Å². The van der Waals surface area contributed by atoms with E-state index in [-0.39, 0.29) is 5.91 Å². The van der Waals surface area contributed by atoms with E-state index in [1.165, 1.54) is 0 Å². The van der Waals surface area contributed by atoms with Crippen molar-refractivity contribution in [3.05, 3.63) is 34.9 Å². The molecule has 0 fully saturated rings. The molecule has 0 radical (unpaired) electrons. The second-order valence-electron chi connectivity index (χ2n) is 4.47. The molecule has 0 bridgehead atoms. The van der Waals surface area contributed by atoms with Gasteiger partial charge in [-0.2, -0.15) is 10.2 Å². The molecule has 6 nitrogen and oxygen atoms in total. The summed E-state index contributed by atoms with van der Waals surface area (Å²) < 4.78 is 3.51. The molecular weight excluding hydrogens is 278 g/mol. The molecular formula is C13H18ClN5O. The van der Waals surface area contributed by atoms with Crippen molar-refractivity contribution in [1.29, 1.82) is 0 Å². The standard InChI is InChI=1S/C13H18ClN5O/c1-4-18-7-6-11(16-18)13(20)17(3)9-12-10(14)8-15-19(12)5-2/h6-8H,4-5,9H2,1-3H3. The number of carbonyl (C=O) groups is 1. The molecule has 0 saturated heterocycles. The number of amides is 1. The average molecular weight is 296 g/mol. The van der Waals surface area contributed by atoms with Crippen LogP contribution in [0, 0.1) is 0 Å². The summed E-state index contributed by atoms with van der Waals surface area (Å²) in [5.41, 5.74) is 1.27. The van der Waals surface area contributed by atoms with E-state index < -0.39 is 0 Å². The molecule has 2 heterocycles. The monoisotopic (exact) mass is 295 g/mol. The third-order valence-electron chi connectivity index (χ3n) is 3.11. The first-order chi connectivity index (χ1) is 9.56. The van der Waals surface area contributed by atoms with Gasteiger partial charge in [-0.15, -0.1) is 0 Å². The highest BCUT2D eigenvalue weighted by Crippen LogP contribution is 2.17. The fourth-order valence-electron chi connectivity index (χ4n) is 1.96. The SMILES string of the molecule is CCn1ccc(C(=O)N(C)Cc2c(Cl)cnn2CC)n1. The molecule has 0 unspecified atom stereocenters. The van der Waals surface area contributed by atoms with Crippen molar-refractivity contribution in [3.63, 3.8) is 0 Å². The third kappa shape index (κ3) is 2.85. The van der Waals surface area contributed by atoms with Crippen molar-refractivity contribution < 1.29 is 4.79 Å². The molecule has 0 aliphatic rings. The Morgan fingerprint density at radius 3 is 2.75 bits per heavy atom. The maximum absolute atomic E-state index is 12.3. The normalized spacial score (nSPS) is 10.8. The lowest BCUT2D eigenvalue weighted by Crippen LogP contribution is -2.28. The van der Waals surface area contributed by atoms with Gasteiger partial charge >= 0.3 is 0 Å². The second-order valence-corrected chi connectivity index (χ2v) is 4.88. The maximum Gasteiger partial charge on any atom is 0.274 e. The Labute approximate surface area is 122 Å². The summed E-state index contributed by atoms with van der Waals surface area (Å²) in [6, 6.07) is 1.72. The van der Waals surface area contributed by atoms with E-state index in [0.29, 0.717) is 23.8 Å². The highest BCUT2D eigenvalue weighted by Gasteiger charge is 2.18. The number of aryl methyl sites for hydroxylation is 2. The minimum Gasteiger partial charge on any atom is -0.334 e. The summed E-state index contributed by atoms with van der Waals surface area (Å²) in [6.07, 6.45) is 3.40. The Hall–Kier alpha value is -1.82. The minimum atomic E-state index is -0.128. The molecule has 0 N–H and O–H groups in total. The van der Waals surface area contributed by atoms with Crippen LogP contribution in [-0.2, 0) is 19.6 Å². The van der Waals surface area contributed by atoms with E-state index in [4.69, 9.17) is 11.6 Å². The molecule has 0 spiro atoms. The average Bonchev–Trinajstić information content (AvgIpc) is 3.05. The molecule has 2 aromatic rings. The Morgan fingerprint density at radius 1 is 1.40 bits per heavy atom. The Morgan fingerprint density at radius 2 is 2.15 bits per heavy atom. The fraction of sp³-hybridized carbons (Fsp3) is 0.462. The third-order valence-corrected chi connectivity index (χ3v) is 3.43. The number of aromatic nitrogens is 4. The van der Waals surface area contributed by atoms with Crippen LogP contribution in [0.4, 0.5) is 0 Å². The zero-order valence-corrected chi connectivity index (χ0v) is 12.6. The second kappa shape index (κ2) is 6.09. The van der Waals surface area contributed by atoms with E-state index in [2.05, 4.69) is 10.2 Å². The van der Waals surface area contributed by atoms with Crippen LogP contribution in [0.15, 0.2) is 18.5 Å². The predicted octanol–water partition coefficient (Wildman–Crippen LogP) is 2.04. The van der Waals surface area contributed by atoms with Crippen molar-refractivity contribution in [3.8, 4) is 0 Å². The molecule has 0 aromatic carbocycles. The van der Waals surface area contributed by atoms with Crippen molar-refractivity contribution in [2.45, 2.75) is 33.5 Å². The molecule has 2 rings (SSSR count). The largest absolute Gasteiger partial charge is 0.334 e. The van der Waals surface area contributed by atoms with Crippen LogP contribution >= 0.6 is 11.6 Å². The van der Waals surface area contributed by atoms with Gasteiger partial charge in [-0.25, -0.2) is 0 Å². The van der Waals surface area contributed by atoms with Gasteiger partial charge in [0.15, 0.2) is 0 Å².